The maximum Gasteiger partial charge on any atom is 0.410 e. The van der Waals surface area contributed by atoms with E-state index in [-0.39, 0.29) is 18.8 Å². The van der Waals surface area contributed by atoms with E-state index < -0.39 is 0 Å². The van der Waals surface area contributed by atoms with Gasteiger partial charge in [-0.05, 0) is 5.56 Å². The molecule has 1 amide bonds. The van der Waals surface area contributed by atoms with Crippen molar-refractivity contribution < 1.29 is 14.6 Å². The Kier molecular flexibility index (Phi) is 3.41. The van der Waals surface area contributed by atoms with Crippen LogP contribution in [0.2, 0.25) is 0 Å². The zero-order chi connectivity index (χ0) is 11.4. The molecule has 1 aliphatic heterocycles. The summed E-state index contributed by atoms with van der Waals surface area (Å²) in [6.07, 6.45) is 0.0170. The van der Waals surface area contributed by atoms with E-state index in [4.69, 9.17) is 9.84 Å². The number of cyclic esters (lactones) is 1. The van der Waals surface area contributed by atoms with Gasteiger partial charge in [0, 0.05) is 19.5 Å². The van der Waals surface area contributed by atoms with Gasteiger partial charge >= 0.3 is 6.09 Å². The Balaban J connectivity index is 1.94. The highest BCUT2D eigenvalue weighted by molar-refractivity contribution is 5.68. The van der Waals surface area contributed by atoms with E-state index in [1.807, 2.05) is 30.3 Å². The second-order valence-electron chi connectivity index (χ2n) is 3.88. The summed E-state index contributed by atoms with van der Waals surface area (Å²) < 4.78 is 5.06. The maximum absolute atomic E-state index is 11.6. The minimum atomic E-state index is -0.339. The minimum absolute atomic E-state index is 0.0923. The van der Waals surface area contributed by atoms with Gasteiger partial charge in [0.15, 0.2) is 0 Å². The van der Waals surface area contributed by atoms with E-state index in [9.17, 15) is 4.79 Å². The van der Waals surface area contributed by atoms with Crippen LogP contribution in [0.5, 0.6) is 0 Å². The third-order valence-electron chi connectivity index (χ3n) is 2.67. The van der Waals surface area contributed by atoms with E-state index in [1.54, 1.807) is 4.90 Å². The quantitative estimate of drug-likeness (QED) is 0.839. The van der Waals surface area contributed by atoms with Crippen molar-refractivity contribution in [3.05, 3.63) is 35.9 Å². The summed E-state index contributed by atoms with van der Waals surface area (Å²) in [4.78, 5) is 13.2. The number of carbonyl (C=O) groups excluding carboxylic acids is 1. The Morgan fingerprint density at radius 3 is 2.75 bits per heavy atom. The summed E-state index contributed by atoms with van der Waals surface area (Å²) in [6, 6.07) is 9.79. The Morgan fingerprint density at radius 2 is 2.12 bits per heavy atom. The minimum Gasteiger partial charge on any atom is -0.444 e. The fraction of sp³-hybridized carbons (Fsp3) is 0.417. The molecule has 0 aromatic heterocycles. The molecule has 1 heterocycles. The van der Waals surface area contributed by atoms with E-state index in [1.165, 1.54) is 0 Å². The molecular weight excluding hydrogens is 206 g/mol. The molecule has 1 saturated heterocycles. The van der Waals surface area contributed by atoms with Gasteiger partial charge in [-0.3, -0.25) is 0 Å². The molecule has 0 radical (unpaired) electrons. The lowest BCUT2D eigenvalue weighted by Crippen LogP contribution is -2.42. The number of aliphatic hydroxyl groups excluding tert-OH is 1. The monoisotopic (exact) mass is 221 g/mol. The lowest BCUT2D eigenvalue weighted by molar-refractivity contribution is -0.00295. The van der Waals surface area contributed by atoms with Crippen molar-refractivity contribution in [3.8, 4) is 0 Å². The number of carbonyl (C=O) groups is 1. The molecular formula is C12H15NO3. The Morgan fingerprint density at radius 1 is 1.38 bits per heavy atom. The largest absolute Gasteiger partial charge is 0.444 e. The first-order valence-electron chi connectivity index (χ1n) is 5.40. The third-order valence-corrected chi connectivity index (χ3v) is 2.67. The second kappa shape index (κ2) is 4.99. The number of hydrogen-bond donors (Lipinski definition) is 1. The molecule has 4 heteroatoms. The predicted octanol–water partition coefficient (Wildman–Crippen LogP) is 1.39. The van der Waals surface area contributed by atoms with Crippen LogP contribution in [0.4, 0.5) is 4.79 Å². The van der Waals surface area contributed by atoms with Crippen LogP contribution in [-0.2, 0) is 11.3 Å². The van der Waals surface area contributed by atoms with Gasteiger partial charge in [0.2, 0.25) is 0 Å². The Bertz CT molecular complexity index is 353. The number of ether oxygens (including phenoxy) is 1. The molecule has 0 aliphatic carbocycles. The van der Waals surface area contributed by atoms with Crippen LogP contribution in [0, 0.1) is 0 Å². The summed E-state index contributed by atoms with van der Waals surface area (Å²) in [5.41, 5.74) is 1.09. The standard InChI is InChI=1S/C12H15NO3/c14-9-11-6-7-13(12(15)16-11)8-10-4-2-1-3-5-10/h1-5,11,14H,6-9H2. The highest BCUT2D eigenvalue weighted by Crippen LogP contribution is 2.14. The number of benzene rings is 1. The third kappa shape index (κ3) is 2.52. The smallest absolute Gasteiger partial charge is 0.410 e. The van der Waals surface area contributed by atoms with Crippen molar-refractivity contribution in [3.63, 3.8) is 0 Å². The number of aliphatic hydroxyl groups is 1. The summed E-state index contributed by atoms with van der Waals surface area (Å²) in [5, 5.41) is 8.89. The van der Waals surface area contributed by atoms with Gasteiger partial charge in [0.1, 0.15) is 6.10 Å². The van der Waals surface area contributed by atoms with Crippen LogP contribution in [0.25, 0.3) is 0 Å². The van der Waals surface area contributed by atoms with E-state index in [2.05, 4.69) is 0 Å². The molecule has 1 unspecified atom stereocenters. The van der Waals surface area contributed by atoms with Crippen molar-refractivity contribution in [2.24, 2.45) is 0 Å². The van der Waals surface area contributed by atoms with E-state index in [0.29, 0.717) is 19.5 Å². The van der Waals surface area contributed by atoms with Crippen molar-refractivity contribution in [1.82, 2.24) is 4.90 Å². The van der Waals surface area contributed by atoms with Gasteiger partial charge in [-0.1, -0.05) is 30.3 Å². The first kappa shape index (κ1) is 11.0. The van der Waals surface area contributed by atoms with Crippen LogP contribution >= 0.6 is 0 Å². The van der Waals surface area contributed by atoms with Crippen LogP contribution in [-0.4, -0.2) is 35.4 Å². The van der Waals surface area contributed by atoms with Crippen LogP contribution in [0.15, 0.2) is 30.3 Å². The summed E-state index contributed by atoms with van der Waals surface area (Å²) in [5.74, 6) is 0. The Hall–Kier alpha value is -1.55. The normalized spacial score (nSPS) is 20.7. The molecule has 16 heavy (non-hydrogen) atoms. The van der Waals surface area contributed by atoms with Crippen molar-refractivity contribution in [1.29, 1.82) is 0 Å². The topological polar surface area (TPSA) is 49.8 Å². The highest BCUT2D eigenvalue weighted by Gasteiger charge is 2.26. The summed E-state index contributed by atoms with van der Waals surface area (Å²) in [6.45, 7) is 1.11. The second-order valence-corrected chi connectivity index (χ2v) is 3.88. The van der Waals surface area contributed by atoms with Gasteiger partial charge in [-0.2, -0.15) is 0 Å². The number of amides is 1. The summed E-state index contributed by atoms with van der Waals surface area (Å²) in [7, 11) is 0. The molecule has 0 saturated carbocycles. The fourth-order valence-corrected chi connectivity index (χ4v) is 1.74. The molecule has 2 rings (SSSR count). The maximum atomic E-state index is 11.6. The first-order chi connectivity index (χ1) is 7.79. The molecule has 1 aromatic rings. The molecule has 4 nitrogen and oxygen atoms in total. The lowest BCUT2D eigenvalue weighted by atomic mass is 10.2. The average molecular weight is 221 g/mol. The number of rotatable bonds is 3. The van der Waals surface area contributed by atoms with Crippen LogP contribution in [0.1, 0.15) is 12.0 Å². The van der Waals surface area contributed by atoms with Gasteiger partial charge < -0.3 is 14.7 Å². The average Bonchev–Trinajstić information content (AvgIpc) is 2.33. The SMILES string of the molecule is O=C1OC(CO)CCN1Cc1ccccc1. The molecule has 0 spiro atoms. The van der Waals surface area contributed by atoms with E-state index >= 15 is 0 Å². The highest BCUT2D eigenvalue weighted by atomic mass is 16.6. The zero-order valence-corrected chi connectivity index (χ0v) is 9.00. The number of hydrogen-bond acceptors (Lipinski definition) is 3. The van der Waals surface area contributed by atoms with Crippen LogP contribution in [0.3, 0.4) is 0 Å². The van der Waals surface area contributed by atoms with Crippen molar-refractivity contribution >= 4 is 6.09 Å². The summed E-state index contributed by atoms with van der Waals surface area (Å²) >= 11 is 0. The molecule has 1 N–H and O–H groups in total. The van der Waals surface area contributed by atoms with Crippen LogP contribution < -0.4 is 0 Å². The molecule has 1 atom stereocenters. The number of nitrogens with zero attached hydrogens (tertiary/aromatic N) is 1. The van der Waals surface area contributed by atoms with Gasteiger partial charge in [-0.25, -0.2) is 4.79 Å². The fourth-order valence-electron chi connectivity index (χ4n) is 1.74. The Labute approximate surface area is 94.4 Å². The van der Waals surface area contributed by atoms with Gasteiger partial charge in [-0.15, -0.1) is 0 Å². The molecule has 86 valence electrons. The lowest BCUT2D eigenvalue weighted by Gasteiger charge is -2.30. The molecule has 0 bridgehead atoms. The van der Waals surface area contributed by atoms with Gasteiger partial charge in [0.05, 0.1) is 6.61 Å². The van der Waals surface area contributed by atoms with Crippen molar-refractivity contribution in [2.75, 3.05) is 13.2 Å². The zero-order valence-electron chi connectivity index (χ0n) is 9.00. The molecule has 1 aliphatic rings. The van der Waals surface area contributed by atoms with Crippen molar-refractivity contribution in [2.45, 2.75) is 19.1 Å². The first-order valence-corrected chi connectivity index (χ1v) is 5.40. The van der Waals surface area contributed by atoms with E-state index in [0.717, 1.165) is 5.56 Å². The molecule has 1 fully saturated rings. The van der Waals surface area contributed by atoms with Gasteiger partial charge in [0.25, 0.3) is 0 Å². The predicted molar refractivity (Wildman–Crippen MR) is 58.8 cm³/mol. The molecule has 1 aromatic carbocycles.